The van der Waals surface area contributed by atoms with E-state index in [1.54, 1.807) is 24.5 Å². The highest BCUT2D eigenvalue weighted by Crippen LogP contribution is 2.16. The van der Waals surface area contributed by atoms with Crippen LogP contribution in [0, 0.1) is 0 Å². The van der Waals surface area contributed by atoms with Crippen LogP contribution in [0.3, 0.4) is 0 Å². The first kappa shape index (κ1) is 24.3. The lowest BCUT2D eigenvalue weighted by Gasteiger charge is -2.21. The monoisotopic (exact) mass is 533 g/mol. The molecule has 164 valence electrons. The minimum atomic E-state index is -0.152. The molecule has 1 aromatic carbocycles. The van der Waals surface area contributed by atoms with Crippen LogP contribution in [-0.2, 0) is 6.54 Å². The van der Waals surface area contributed by atoms with Crippen molar-refractivity contribution in [1.29, 1.82) is 0 Å². The summed E-state index contributed by atoms with van der Waals surface area (Å²) in [6.07, 6.45) is 5.03. The summed E-state index contributed by atoms with van der Waals surface area (Å²) in [5.41, 5.74) is 2.63. The molecule has 2 aromatic heterocycles. The molecular formula is C22H28IN7O. The van der Waals surface area contributed by atoms with Crippen molar-refractivity contribution in [2.24, 2.45) is 4.99 Å². The van der Waals surface area contributed by atoms with Crippen molar-refractivity contribution >= 4 is 35.8 Å². The number of nitrogens with zero attached hydrogens (tertiary/aromatic N) is 4. The number of guanidine groups is 1. The van der Waals surface area contributed by atoms with E-state index in [4.69, 9.17) is 0 Å². The van der Waals surface area contributed by atoms with E-state index in [-0.39, 0.29) is 29.9 Å². The van der Waals surface area contributed by atoms with Gasteiger partial charge in [0.1, 0.15) is 5.82 Å². The number of aromatic nitrogens is 3. The standard InChI is InChI=1S/C22H27N7O.HI/c1-3-24-22(26-13-12-25-21(30)18-10-7-11-23-14-18)29(2)16-20-27-15-19(28-20)17-8-5-4-6-9-17;/h4-11,14-15H,3,12-13,16H2,1-2H3,(H,24,26)(H,25,30)(H,27,28);1H. The van der Waals surface area contributed by atoms with E-state index in [1.165, 1.54) is 0 Å². The molecule has 0 saturated carbocycles. The van der Waals surface area contributed by atoms with Crippen LogP contribution >= 0.6 is 24.0 Å². The lowest BCUT2D eigenvalue weighted by Crippen LogP contribution is -2.39. The first-order chi connectivity index (χ1) is 14.7. The number of rotatable bonds is 8. The fraction of sp³-hybridized carbons (Fsp3) is 0.273. The summed E-state index contributed by atoms with van der Waals surface area (Å²) in [6.45, 7) is 4.26. The molecule has 3 aromatic rings. The van der Waals surface area contributed by atoms with Gasteiger partial charge in [0.25, 0.3) is 5.91 Å². The number of aliphatic imine (C=N–C) groups is 1. The second-order valence-corrected chi connectivity index (χ2v) is 6.70. The summed E-state index contributed by atoms with van der Waals surface area (Å²) in [6, 6.07) is 13.6. The SMILES string of the molecule is CCNC(=NCCNC(=O)c1cccnc1)N(C)Cc1ncc(-c2ccccc2)[nH]1.I. The number of nitrogens with one attached hydrogen (secondary N) is 3. The molecule has 0 aliphatic heterocycles. The van der Waals surface area contributed by atoms with Gasteiger partial charge in [-0.3, -0.25) is 14.8 Å². The number of hydrogen-bond acceptors (Lipinski definition) is 4. The number of halogens is 1. The van der Waals surface area contributed by atoms with E-state index in [0.717, 1.165) is 29.6 Å². The average Bonchev–Trinajstić information content (AvgIpc) is 3.25. The summed E-state index contributed by atoms with van der Waals surface area (Å²) in [5.74, 6) is 1.46. The Labute approximate surface area is 199 Å². The molecule has 9 heteroatoms. The van der Waals surface area contributed by atoms with Crippen LogP contribution < -0.4 is 10.6 Å². The Kier molecular flexibility index (Phi) is 9.95. The minimum absolute atomic E-state index is 0. The Hall–Kier alpha value is -2.95. The normalized spacial score (nSPS) is 10.8. The molecule has 0 saturated heterocycles. The van der Waals surface area contributed by atoms with Crippen molar-refractivity contribution in [3.05, 3.63) is 72.4 Å². The third-order valence-corrected chi connectivity index (χ3v) is 4.38. The van der Waals surface area contributed by atoms with Gasteiger partial charge in [-0.15, -0.1) is 24.0 Å². The Morgan fingerprint density at radius 1 is 1.13 bits per heavy atom. The predicted octanol–water partition coefficient (Wildman–Crippen LogP) is 2.92. The Morgan fingerprint density at radius 3 is 2.65 bits per heavy atom. The lowest BCUT2D eigenvalue weighted by atomic mass is 10.2. The summed E-state index contributed by atoms with van der Waals surface area (Å²) in [4.78, 5) is 30.5. The molecule has 0 unspecified atom stereocenters. The molecule has 0 aliphatic carbocycles. The number of imidazole rings is 1. The fourth-order valence-corrected chi connectivity index (χ4v) is 2.91. The molecule has 31 heavy (non-hydrogen) atoms. The molecule has 2 heterocycles. The zero-order chi connectivity index (χ0) is 21.2. The number of hydrogen-bond donors (Lipinski definition) is 3. The van der Waals surface area contributed by atoms with Crippen LogP contribution in [0.4, 0.5) is 0 Å². The number of H-pyrrole nitrogens is 1. The summed E-state index contributed by atoms with van der Waals surface area (Å²) in [7, 11) is 1.96. The first-order valence-corrected chi connectivity index (χ1v) is 9.94. The molecule has 3 rings (SSSR count). The largest absolute Gasteiger partial charge is 0.357 e. The smallest absolute Gasteiger partial charge is 0.252 e. The van der Waals surface area contributed by atoms with Gasteiger partial charge >= 0.3 is 0 Å². The van der Waals surface area contributed by atoms with Crippen LogP contribution in [0.15, 0.2) is 66.0 Å². The average molecular weight is 533 g/mol. The molecular weight excluding hydrogens is 505 g/mol. The van der Waals surface area contributed by atoms with Crippen molar-refractivity contribution in [3.8, 4) is 11.3 Å². The van der Waals surface area contributed by atoms with E-state index < -0.39 is 0 Å². The maximum atomic E-state index is 12.1. The van der Waals surface area contributed by atoms with Crippen LogP contribution in [-0.4, -0.2) is 58.4 Å². The van der Waals surface area contributed by atoms with Gasteiger partial charge in [-0.2, -0.15) is 0 Å². The third-order valence-electron chi connectivity index (χ3n) is 4.38. The number of pyridine rings is 1. The minimum Gasteiger partial charge on any atom is -0.357 e. The molecule has 0 aliphatic rings. The molecule has 3 N–H and O–H groups in total. The molecule has 0 atom stereocenters. The fourth-order valence-electron chi connectivity index (χ4n) is 2.91. The van der Waals surface area contributed by atoms with Gasteiger partial charge in [0.05, 0.1) is 30.5 Å². The Bertz CT molecular complexity index is 960. The first-order valence-electron chi connectivity index (χ1n) is 9.94. The van der Waals surface area contributed by atoms with E-state index in [9.17, 15) is 4.79 Å². The second-order valence-electron chi connectivity index (χ2n) is 6.70. The van der Waals surface area contributed by atoms with Gasteiger partial charge in [-0.25, -0.2) is 4.98 Å². The molecule has 1 amide bonds. The number of carbonyl (C=O) groups is 1. The van der Waals surface area contributed by atoms with E-state index in [1.807, 2.05) is 55.4 Å². The van der Waals surface area contributed by atoms with Crippen molar-refractivity contribution in [3.63, 3.8) is 0 Å². The maximum absolute atomic E-state index is 12.1. The second kappa shape index (κ2) is 12.7. The Morgan fingerprint density at radius 2 is 1.94 bits per heavy atom. The van der Waals surface area contributed by atoms with Crippen molar-refractivity contribution in [1.82, 2.24) is 30.5 Å². The van der Waals surface area contributed by atoms with Crippen LogP contribution in [0.1, 0.15) is 23.1 Å². The number of amides is 1. The highest BCUT2D eigenvalue weighted by molar-refractivity contribution is 14.0. The zero-order valence-electron chi connectivity index (χ0n) is 17.7. The topological polar surface area (TPSA) is 98.3 Å². The van der Waals surface area contributed by atoms with Crippen molar-refractivity contribution in [2.45, 2.75) is 13.5 Å². The zero-order valence-corrected chi connectivity index (χ0v) is 20.0. The number of carbonyl (C=O) groups excluding carboxylic acids is 1. The molecule has 8 nitrogen and oxygen atoms in total. The molecule has 0 radical (unpaired) electrons. The van der Waals surface area contributed by atoms with E-state index in [2.05, 4.69) is 30.6 Å². The van der Waals surface area contributed by atoms with Gasteiger partial charge in [0.15, 0.2) is 5.96 Å². The van der Waals surface area contributed by atoms with Crippen LogP contribution in [0.25, 0.3) is 11.3 Å². The molecule has 0 bridgehead atoms. The van der Waals surface area contributed by atoms with Gasteiger partial charge in [0, 0.05) is 32.5 Å². The lowest BCUT2D eigenvalue weighted by molar-refractivity contribution is 0.0954. The maximum Gasteiger partial charge on any atom is 0.252 e. The highest BCUT2D eigenvalue weighted by Gasteiger charge is 2.10. The summed E-state index contributed by atoms with van der Waals surface area (Å²) in [5, 5.41) is 6.13. The van der Waals surface area contributed by atoms with Gasteiger partial charge in [0.2, 0.25) is 0 Å². The number of aromatic amines is 1. The van der Waals surface area contributed by atoms with E-state index >= 15 is 0 Å². The molecule has 0 spiro atoms. The predicted molar refractivity (Wildman–Crippen MR) is 133 cm³/mol. The van der Waals surface area contributed by atoms with Gasteiger partial charge in [-0.1, -0.05) is 30.3 Å². The van der Waals surface area contributed by atoms with Crippen LogP contribution in [0.2, 0.25) is 0 Å². The number of benzene rings is 1. The van der Waals surface area contributed by atoms with Crippen LogP contribution in [0.5, 0.6) is 0 Å². The highest BCUT2D eigenvalue weighted by atomic mass is 127. The Balaban J connectivity index is 0.00000341. The summed E-state index contributed by atoms with van der Waals surface area (Å²) < 4.78 is 0. The summed E-state index contributed by atoms with van der Waals surface area (Å²) >= 11 is 0. The molecule has 0 fully saturated rings. The third kappa shape index (κ3) is 7.35. The quantitative estimate of drug-likeness (QED) is 0.179. The van der Waals surface area contributed by atoms with Crippen molar-refractivity contribution < 1.29 is 4.79 Å². The van der Waals surface area contributed by atoms with Gasteiger partial charge < -0.3 is 20.5 Å². The van der Waals surface area contributed by atoms with E-state index in [0.29, 0.717) is 25.2 Å². The van der Waals surface area contributed by atoms with Gasteiger partial charge in [-0.05, 0) is 24.6 Å². The van der Waals surface area contributed by atoms with Crippen molar-refractivity contribution in [2.75, 3.05) is 26.7 Å².